The zero-order chi connectivity index (χ0) is 21.5. The Morgan fingerprint density at radius 2 is 1.73 bits per heavy atom. The van der Waals surface area contributed by atoms with Crippen molar-refractivity contribution in [3.8, 4) is 5.75 Å². The van der Waals surface area contributed by atoms with Crippen LogP contribution in [0.5, 0.6) is 5.75 Å². The van der Waals surface area contributed by atoms with Crippen molar-refractivity contribution in [1.29, 1.82) is 0 Å². The molecule has 1 saturated heterocycles. The Hall–Kier alpha value is -3.01. The van der Waals surface area contributed by atoms with E-state index in [1.165, 1.54) is 34.4 Å². The van der Waals surface area contributed by atoms with Crippen molar-refractivity contribution in [1.82, 2.24) is 15.1 Å². The van der Waals surface area contributed by atoms with Crippen LogP contribution in [-0.4, -0.2) is 66.9 Å². The van der Waals surface area contributed by atoms with E-state index in [2.05, 4.69) is 10.1 Å². The quantitative estimate of drug-likeness (QED) is 0.722. The Kier molecular flexibility index (Phi) is 7.34. The first-order chi connectivity index (χ1) is 14.5. The molecule has 10 heteroatoms. The summed E-state index contributed by atoms with van der Waals surface area (Å²) in [6, 6.07) is 9.35. The van der Waals surface area contributed by atoms with Gasteiger partial charge in [0.05, 0.1) is 10.4 Å². The van der Waals surface area contributed by atoms with Crippen LogP contribution < -0.4 is 10.1 Å². The number of benzene rings is 1. The van der Waals surface area contributed by atoms with Gasteiger partial charge in [-0.05, 0) is 23.6 Å². The molecule has 30 heavy (non-hydrogen) atoms. The molecule has 0 bridgehead atoms. The average molecular weight is 437 g/mol. The van der Waals surface area contributed by atoms with Crippen LogP contribution in [0.4, 0.5) is 8.78 Å². The molecule has 2 aromatic rings. The number of nitrogens with zero attached hydrogens (tertiary/aromatic N) is 2. The molecule has 1 fully saturated rings. The van der Waals surface area contributed by atoms with Gasteiger partial charge in [0.2, 0.25) is 5.91 Å². The highest BCUT2D eigenvalue weighted by atomic mass is 32.1. The normalized spacial score (nSPS) is 14.0. The smallest absolute Gasteiger partial charge is 0.387 e. The Morgan fingerprint density at radius 3 is 2.40 bits per heavy atom. The first-order valence-corrected chi connectivity index (χ1v) is 10.3. The molecular formula is C20H21F2N3O4S. The zero-order valence-corrected chi connectivity index (χ0v) is 16.9. The fourth-order valence-corrected chi connectivity index (χ4v) is 3.75. The maximum atomic E-state index is 12.7. The van der Waals surface area contributed by atoms with E-state index in [-0.39, 0.29) is 49.2 Å². The third-order valence-corrected chi connectivity index (χ3v) is 5.49. The number of hydrogen-bond acceptors (Lipinski definition) is 5. The first kappa shape index (κ1) is 21.7. The van der Waals surface area contributed by atoms with E-state index >= 15 is 0 Å². The second-order valence-electron chi connectivity index (χ2n) is 6.53. The van der Waals surface area contributed by atoms with Gasteiger partial charge in [-0.1, -0.05) is 18.2 Å². The van der Waals surface area contributed by atoms with Crippen molar-refractivity contribution >= 4 is 29.1 Å². The van der Waals surface area contributed by atoms with Gasteiger partial charge in [0.15, 0.2) is 0 Å². The monoisotopic (exact) mass is 437 g/mol. The van der Waals surface area contributed by atoms with Crippen molar-refractivity contribution in [3.05, 3.63) is 52.2 Å². The van der Waals surface area contributed by atoms with Gasteiger partial charge in [-0.2, -0.15) is 8.78 Å². The lowest BCUT2D eigenvalue weighted by atomic mass is 10.1. The number of nitrogens with one attached hydrogen (secondary N) is 1. The van der Waals surface area contributed by atoms with Gasteiger partial charge in [-0.3, -0.25) is 14.4 Å². The number of halogens is 2. The summed E-state index contributed by atoms with van der Waals surface area (Å²) in [7, 11) is 0. The molecule has 0 saturated carbocycles. The van der Waals surface area contributed by atoms with E-state index in [1.54, 1.807) is 28.5 Å². The lowest BCUT2D eigenvalue weighted by Crippen LogP contribution is -2.51. The molecular weight excluding hydrogens is 416 g/mol. The molecule has 1 aromatic carbocycles. The maximum Gasteiger partial charge on any atom is 0.387 e. The third kappa shape index (κ3) is 5.53. The number of carbonyl (C=O) groups is 3. The summed E-state index contributed by atoms with van der Waals surface area (Å²) in [4.78, 5) is 40.7. The number of para-hydroxylation sites is 1. The lowest BCUT2D eigenvalue weighted by Gasteiger charge is -2.35. The molecule has 0 radical (unpaired) electrons. The highest BCUT2D eigenvalue weighted by molar-refractivity contribution is 7.12. The van der Waals surface area contributed by atoms with Crippen LogP contribution in [0.3, 0.4) is 0 Å². The highest BCUT2D eigenvalue weighted by Crippen LogP contribution is 2.22. The number of rotatable bonds is 7. The van der Waals surface area contributed by atoms with E-state index in [0.29, 0.717) is 18.0 Å². The van der Waals surface area contributed by atoms with Crippen molar-refractivity contribution in [3.63, 3.8) is 0 Å². The minimum absolute atomic E-state index is 0.0638. The van der Waals surface area contributed by atoms with E-state index in [1.807, 2.05) is 0 Å². The topological polar surface area (TPSA) is 79.0 Å². The van der Waals surface area contributed by atoms with Crippen LogP contribution in [0.2, 0.25) is 0 Å². The SMILES string of the molecule is O=C(NCCC(=O)N1CCN(C(=O)c2ccccc2OC(F)F)CC1)c1cccs1. The van der Waals surface area contributed by atoms with Crippen LogP contribution in [0.25, 0.3) is 0 Å². The van der Waals surface area contributed by atoms with Crippen LogP contribution >= 0.6 is 11.3 Å². The average Bonchev–Trinajstić information content (AvgIpc) is 3.28. The summed E-state index contributed by atoms with van der Waals surface area (Å²) in [6.07, 6.45) is 0.163. The summed E-state index contributed by atoms with van der Waals surface area (Å²) in [5.74, 6) is -0.910. The highest BCUT2D eigenvalue weighted by Gasteiger charge is 2.26. The molecule has 3 amide bonds. The van der Waals surface area contributed by atoms with E-state index in [4.69, 9.17) is 0 Å². The number of amides is 3. The third-order valence-electron chi connectivity index (χ3n) is 4.62. The minimum Gasteiger partial charge on any atom is -0.434 e. The minimum atomic E-state index is -3.02. The van der Waals surface area contributed by atoms with Crippen LogP contribution in [-0.2, 0) is 4.79 Å². The van der Waals surface area contributed by atoms with Crippen molar-refractivity contribution < 1.29 is 27.9 Å². The standard InChI is InChI=1S/C20H21F2N3O4S/c21-20(22)29-15-5-2-1-4-14(15)19(28)25-11-9-24(10-12-25)17(26)7-8-23-18(27)16-6-3-13-30-16/h1-6,13,20H,7-12H2,(H,23,27). The zero-order valence-electron chi connectivity index (χ0n) is 16.1. The number of thiophene rings is 1. The van der Waals surface area contributed by atoms with Gasteiger partial charge >= 0.3 is 6.61 Å². The number of ether oxygens (including phenoxy) is 1. The summed E-state index contributed by atoms with van der Waals surface area (Å²) in [6.45, 7) is -1.55. The van der Waals surface area contributed by atoms with Crippen LogP contribution in [0, 0.1) is 0 Å². The van der Waals surface area contributed by atoms with E-state index in [0.717, 1.165) is 0 Å². The number of piperazine rings is 1. The second kappa shape index (κ2) is 10.1. The molecule has 3 rings (SSSR count). The molecule has 1 aliphatic heterocycles. The largest absolute Gasteiger partial charge is 0.434 e. The number of hydrogen-bond donors (Lipinski definition) is 1. The van der Waals surface area contributed by atoms with E-state index in [9.17, 15) is 23.2 Å². The molecule has 160 valence electrons. The lowest BCUT2D eigenvalue weighted by molar-refractivity contribution is -0.132. The van der Waals surface area contributed by atoms with Gasteiger partial charge in [0, 0.05) is 39.1 Å². The maximum absolute atomic E-state index is 12.7. The molecule has 7 nitrogen and oxygen atoms in total. The Labute approximate surface area is 176 Å². The Balaban J connectivity index is 1.47. The summed E-state index contributed by atoms with van der Waals surface area (Å²) >= 11 is 1.33. The molecule has 0 unspecified atom stereocenters. The van der Waals surface area contributed by atoms with Crippen molar-refractivity contribution in [2.45, 2.75) is 13.0 Å². The fourth-order valence-electron chi connectivity index (χ4n) is 3.11. The molecule has 1 N–H and O–H groups in total. The molecule has 0 aliphatic carbocycles. The molecule has 1 aliphatic rings. The second-order valence-corrected chi connectivity index (χ2v) is 7.48. The number of carbonyl (C=O) groups excluding carboxylic acids is 3. The predicted molar refractivity (Wildman–Crippen MR) is 107 cm³/mol. The van der Waals surface area contributed by atoms with Crippen LogP contribution in [0.1, 0.15) is 26.5 Å². The molecule has 0 atom stereocenters. The molecule has 1 aromatic heterocycles. The van der Waals surface area contributed by atoms with Gasteiger partial charge in [-0.15, -0.1) is 11.3 Å². The predicted octanol–water partition coefficient (Wildman–Crippen LogP) is 2.45. The fraction of sp³-hybridized carbons (Fsp3) is 0.350. The van der Waals surface area contributed by atoms with Gasteiger partial charge < -0.3 is 19.9 Å². The van der Waals surface area contributed by atoms with Gasteiger partial charge in [0.25, 0.3) is 11.8 Å². The van der Waals surface area contributed by atoms with Crippen LogP contribution in [0.15, 0.2) is 41.8 Å². The van der Waals surface area contributed by atoms with E-state index < -0.39 is 12.5 Å². The van der Waals surface area contributed by atoms with Crippen molar-refractivity contribution in [2.24, 2.45) is 0 Å². The Morgan fingerprint density at radius 1 is 1.03 bits per heavy atom. The first-order valence-electron chi connectivity index (χ1n) is 9.38. The van der Waals surface area contributed by atoms with Crippen molar-refractivity contribution in [2.75, 3.05) is 32.7 Å². The van der Waals surface area contributed by atoms with Gasteiger partial charge in [-0.25, -0.2) is 0 Å². The van der Waals surface area contributed by atoms with Gasteiger partial charge in [0.1, 0.15) is 5.75 Å². The number of alkyl halides is 2. The Bertz CT molecular complexity index is 884. The molecule has 2 heterocycles. The molecule has 0 spiro atoms. The summed E-state index contributed by atoms with van der Waals surface area (Å²) in [5, 5.41) is 4.51. The summed E-state index contributed by atoms with van der Waals surface area (Å²) < 4.78 is 29.5. The summed E-state index contributed by atoms with van der Waals surface area (Å²) in [5.41, 5.74) is 0.0638.